The summed E-state index contributed by atoms with van der Waals surface area (Å²) in [7, 11) is -1.21. The van der Waals surface area contributed by atoms with Crippen LogP contribution in [0.4, 0.5) is 0 Å². The van der Waals surface area contributed by atoms with Gasteiger partial charge in [0.25, 0.3) is 0 Å². The first-order valence-electron chi connectivity index (χ1n) is 8.52. The second-order valence-corrected chi connectivity index (χ2v) is 9.04. The molecule has 3 rings (SSSR count). The molecule has 0 atom stereocenters. The minimum Gasteiger partial charge on any atom is -0.497 e. The van der Waals surface area contributed by atoms with E-state index >= 15 is 0 Å². The summed E-state index contributed by atoms with van der Waals surface area (Å²) in [5.74, 6) is 1.13. The molecule has 2 aromatic rings. The van der Waals surface area contributed by atoms with Crippen molar-refractivity contribution in [1.82, 2.24) is 4.90 Å². The first-order chi connectivity index (χ1) is 11.5. The van der Waals surface area contributed by atoms with Gasteiger partial charge in [-0.25, -0.2) is 8.42 Å². The molecule has 1 saturated heterocycles. The van der Waals surface area contributed by atoms with E-state index in [-0.39, 0.29) is 11.0 Å². The first-order valence-corrected chi connectivity index (χ1v) is 10.2. The molecular weight excluding hydrogens is 322 g/mol. The molecule has 0 radical (unpaired) electrons. The maximum absolute atomic E-state index is 12.0. The summed E-state index contributed by atoms with van der Waals surface area (Å²) in [6.45, 7) is 4.32. The van der Waals surface area contributed by atoms with Crippen LogP contribution in [0.2, 0.25) is 0 Å². The number of methoxy groups -OCH3 is 1. The molecule has 0 aliphatic carbocycles. The molecular formula is C19H25NO3S. The lowest BCUT2D eigenvalue weighted by atomic mass is 10.0. The quantitative estimate of drug-likeness (QED) is 0.833. The summed E-state index contributed by atoms with van der Waals surface area (Å²) in [4.78, 5) is 2.35. The number of fused-ring (bicyclic) bond motifs is 1. The Morgan fingerprint density at radius 1 is 1.08 bits per heavy atom. The van der Waals surface area contributed by atoms with E-state index in [0.29, 0.717) is 0 Å². The van der Waals surface area contributed by atoms with Crippen LogP contribution in [0.3, 0.4) is 0 Å². The first kappa shape index (κ1) is 17.2. The zero-order valence-corrected chi connectivity index (χ0v) is 15.2. The van der Waals surface area contributed by atoms with Gasteiger partial charge in [-0.1, -0.05) is 25.1 Å². The monoisotopic (exact) mass is 347 g/mol. The van der Waals surface area contributed by atoms with Crippen LogP contribution >= 0.6 is 0 Å². The Hall–Kier alpha value is -1.59. The lowest BCUT2D eigenvalue weighted by molar-refractivity contribution is 0.222. The molecule has 0 amide bonds. The fourth-order valence-corrected chi connectivity index (χ4v) is 4.82. The molecule has 5 heteroatoms. The second kappa shape index (κ2) is 7.11. The normalized spacial score (nSPS) is 17.2. The van der Waals surface area contributed by atoms with Gasteiger partial charge < -0.3 is 4.74 Å². The zero-order valence-electron chi connectivity index (χ0n) is 14.4. The molecule has 2 aromatic carbocycles. The van der Waals surface area contributed by atoms with Crippen LogP contribution in [0.15, 0.2) is 36.4 Å². The molecule has 1 heterocycles. The van der Waals surface area contributed by atoms with E-state index in [1.807, 2.05) is 12.1 Å². The van der Waals surface area contributed by atoms with Crippen LogP contribution < -0.4 is 4.74 Å². The van der Waals surface area contributed by atoms with Crippen molar-refractivity contribution in [3.63, 3.8) is 0 Å². The van der Waals surface area contributed by atoms with E-state index in [2.05, 4.69) is 29.2 Å². The maximum atomic E-state index is 12.0. The fraction of sp³-hybridized carbons (Fsp3) is 0.474. The largest absolute Gasteiger partial charge is 0.497 e. The second-order valence-electron chi connectivity index (χ2n) is 6.47. The van der Waals surface area contributed by atoms with Gasteiger partial charge in [0.05, 0.1) is 12.4 Å². The van der Waals surface area contributed by atoms with Gasteiger partial charge in [-0.05, 0) is 60.5 Å². The van der Waals surface area contributed by atoms with E-state index in [4.69, 9.17) is 4.74 Å². The number of likely N-dealkylation sites (tertiary alicyclic amines) is 1. The number of ether oxygens (including phenoxy) is 1. The van der Waals surface area contributed by atoms with Gasteiger partial charge >= 0.3 is 0 Å². The Morgan fingerprint density at radius 2 is 1.75 bits per heavy atom. The van der Waals surface area contributed by atoms with Crippen molar-refractivity contribution in [3.8, 4) is 5.75 Å². The highest BCUT2D eigenvalue weighted by molar-refractivity contribution is 7.92. The van der Waals surface area contributed by atoms with Gasteiger partial charge in [-0.15, -0.1) is 0 Å². The minimum absolute atomic E-state index is 0.150. The van der Waals surface area contributed by atoms with E-state index < -0.39 is 9.84 Å². The summed E-state index contributed by atoms with van der Waals surface area (Å²) < 4.78 is 29.2. The Kier molecular flexibility index (Phi) is 5.11. The van der Waals surface area contributed by atoms with Crippen molar-refractivity contribution >= 4 is 20.6 Å². The van der Waals surface area contributed by atoms with Crippen LogP contribution in [-0.2, 0) is 16.4 Å². The third-order valence-corrected chi connectivity index (χ3v) is 7.25. The van der Waals surface area contributed by atoms with Crippen molar-refractivity contribution in [2.24, 2.45) is 0 Å². The number of piperidine rings is 1. The fourth-order valence-electron chi connectivity index (χ4n) is 3.42. The number of hydrogen-bond acceptors (Lipinski definition) is 4. The highest BCUT2D eigenvalue weighted by Crippen LogP contribution is 2.24. The Labute approximate surface area is 144 Å². The van der Waals surface area contributed by atoms with Gasteiger partial charge in [0, 0.05) is 12.3 Å². The van der Waals surface area contributed by atoms with Crippen LogP contribution in [0.5, 0.6) is 5.75 Å². The number of nitrogens with zero attached hydrogens (tertiary/aromatic N) is 1. The van der Waals surface area contributed by atoms with Gasteiger partial charge in [0.2, 0.25) is 0 Å². The molecule has 0 spiro atoms. The minimum atomic E-state index is -2.89. The lowest BCUT2D eigenvalue weighted by Crippen LogP contribution is -2.39. The van der Waals surface area contributed by atoms with Crippen molar-refractivity contribution in [2.45, 2.75) is 31.6 Å². The SMILES string of the molecule is CCS(=O)(=O)C1CCN(Cc2ccc3cc(OC)ccc3c2)CC1. The van der Waals surface area contributed by atoms with E-state index in [0.717, 1.165) is 38.2 Å². The predicted molar refractivity (Wildman–Crippen MR) is 98.3 cm³/mol. The smallest absolute Gasteiger partial charge is 0.152 e. The number of sulfone groups is 1. The molecule has 0 bridgehead atoms. The average Bonchev–Trinajstić information content (AvgIpc) is 2.61. The molecule has 0 aromatic heterocycles. The highest BCUT2D eigenvalue weighted by Gasteiger charge is 2.28. The number of rotatable bonds is 5. The number of benzene rings is 2. The van der Waals surface area contributed by atoms with Crippen LogP contribution in [0.25, 0.3) is 10.8 Å². The van der Waals surface area contributed by atoms with Crippen LogP contribution in [0, 0.1) is 0 Å². The predicted octanol–water partition coefficient (Wildman–Crippen LogP) is 3.25. The van der Waals surface area contributed by atoms with Crippen molar-refractivity contribution < 1.29 is 13.2 Å². The third kappa shape index (κ3) is 3.73. The lowest BCUT2D eigenvalue weighted by Gasteiger charge is -2.31. The highest BCUT2D eigenvalue weighted by atomic mass is 32.2. The molecule has 0 N–H and O–H groups in total. The van der Waals surface area contributed by atoms with Gasteiger partial charge in [0.15, 0.2) is 9.84 Å². The molecule has 1 aliphatic heterocycles. The third-order valence-electron chi connectivity index (χ3n) is 4.96. The maximum Gasteiger partial charge on any atom is 0.152 e. The molecule has 0 saturated carbocycles. The summed E-state index contributed by atoms with van der Waals surface area (Å²) in [5.41, 5.74) is 1.27. The van der Waals surface area contributed by atoms with E-state index in [1.165, 1.54) is 16.3 Å². The summed E-state index contributed by atoms with van der Waals surface area (Å²) in [5, 5.41) is 2.23. The summed E-state index contributed by atoms with van der Waals surface area (Å²) >= 11 is 0. The Bertz CT molecular complexity index is 808. The molecule has 4 nitrogen and oxygen atoms in total. The van der Waals surface area contributed by atoms with Crippen molar-refractivity contribution in [2.75, 3.05) is 26.0 Å². The van der Waals surface area contributed by atoms with Gasteiger partial charge in [-0.3, -0.25) is 4.90 Å². The van der Waals surface area contributed by atoms with Crippen LogP contribution in [-0.4, -0.2) is 44.5 Å². The van der Waals surface area contributed by atoms with Crippen molar-refractivity contribution in [3.05, 3.63) is 42.0 Å². The Morgan fingerprint density at radius 3 is 2.42 bits per heavy atom. The molecule has 130 valence electrons. The average molecular weight is 347 g/mol. The molecule has 1 fully saturated rings. The molecule has 0 unspecified atom stereocenters. The molecule has 24 heavy (non-hydrogen) atoms. The summed E-state index contributed by atoms with van der Waals surface area (Å²) in [6.07, 6.45) is 1.50. The number of hydrogen-bond donors (Lipinski definition) is 0. The van der Waals surface area contributed by atoms with Crippen LogP contribution in [0.1, 0.15) is 25.3 Å². The van der Waals surface area contributed by atoms with Gasteiger partial charge in [0.1, 0.15) is 5.75 Å². The van der Waals surface area contributed by atoms with Crippen molar-refractivity contribution in [1.29, 1.82) is 0 Å². The standard InChI is InChI=1S/C19H25NO3S/c1-3-24(21,22)19-8-10-20(11-9-19)14-15-4-5-17-13-18(23-2)7-6-16(17)12-15/h4-7,12-13,19H,3,8-11,14H2,1-2H3. The Balaban J connectivity index is 1.66. The van der Waals surface area contributed by atoms with Gasteiger partial charge in [-0.2, -0.15) is 0 Å². The summed E-state index contributed by atoms with van der Waals surface area (Å²) in [6, 6.07) is 12.6. The molecule has 1 aliphatic rings. The van der Waals surface area contributed by atoms with E-state index in [9.17, 15) is 8.42 Å². The zero-order chi connectivity index (χ0) is 17.2. The topological polar surface area (TPSA) is 46.6 Å². The van der Waals surface area contributed by atoms with E-state index in [1.54, 1.807) is 14.0 Å².